The molecule has 0 radical (unpaired) electrons. The number of nitrogens with zero attached hydrogens (tertiary/aromatic N) is 3. The van der Waals surface area contributed by atoms with Crippen LogP contribution in [0, 0.1) is 11.3 Å². The third-order valence-electron chi connectivity index (χ3n) is 3.11. The first kappa shape index (κ1) is 13.4. The lowest BCUT2D eigenvalue weighted by Gasteiger charge is -2.38. The second-order valence-electron chi connectivity index (χ2n) is 5.61. The maximum absolute atomic E-state index is 12.0. The molecule has 19 heavy (non-hydrogen) atoms. The van der Waals surface area contributed by atoms with Gasteiger partial charge < -0.3 is 15.5 Å². The summed E-state index contributed by atoms with van der Waals surface area (Å²) in [6.45, 7) is 4.70. The molecule has 2 rings (SSSR count). The van der Waals surface area contributed by atoms with Crippen LogP contribution in [0.2, 0.25) is 0 Å². The lowest BCUT2D eigenvalue weighted by molar-refractivity contribution is -0.117. The SMILES string of the molecule is CN1C(=O)CN(CC(C)(C)N)c2cc(C#N)ccc21. The molecule has 0 unspecified atom stereocenters. The van der Waals surface area contributed by atoms with Crippen molar-refractivity contribution in [2.45, 2.75) is 19.4 Å². The van der Waals surface area contributed by atoms with E-state index < -0.39 is 5.54 Å². The minimum Gasteiger partial charge on any atom is -0.359 e. The highest BCUT2D eigenvalue weighted by Gasteiger charge is 2.29. The van der Waals surface area contributed by atoms with Crippen LogP contribution in [0.1, 0.15) is 19.4 Å². The van der Waals surface area contributed by atoms with Gasteiger partial charge in [-0.25, -0.2) is 0 Å². The van der Waals surface area contributed by atoms with Gasteiger partial charge in [0.1, 0.15) is 0 Å². The Bertz CT molecular complexity index is 554. The van der Waals surface area contributed by atoms with E-state index in [0.29, 0.717) is 18.7 Å². The summed E-state index contributed by atoms with van der Waals surface area (Å²) < 4.78 is 0. The number of amides is 1. The second-order valence-corrected chi connectivity index (χ2v) is 5.61. The third-order valence-corrected chi connectivity index (χ3v) is 3.11. The van der Waals surface area contributed by atoms with E-state index in [1.54, 1.807) is 18.0 Å². The Hall–Kier alpha value is -2.06. The minimum absolute atomic E-state index is 0.0291. The molecule has 0 spiro atoms. The standard InChI is InChI=1S/C14H18N4O/c1-14(2,16)9-18-8-13(19)17(3)11-5-4-10(7-15)6-12(11)18/h4-6H,8-9,16H2,1-3H3. The molecule has 0 aromatic heterocycles. The van der Waals surface area contributed by atoms with Gasteiger partial charge in [0.2, 0.25) is 5.91 Å². The molecule has 0 bridgehead atoms. The van der Waals surface area contributed by atoms with Gasteiger partial charge in [-0.3, -0.25) is 4.79 Å². The van der Waals surface area contributed by atoms with Crippen molar-refractivity contribution >= 4 is 17.3 Å². The Labute approximate surface area is 113 Å². The number of rotatable bonds is 2. The Morgan fingerprint density at radius 3 is 2.68 bits per heavy atom. The summed E-state index contributed by atoms with van der Waals surface area (Å²) in [7, 11) is 1.75. The Morgan fingerprint density at radius 2 is 2.11 bits per heavy atom. The summed E-state index contributed by atoms with van der Waals surface area (Å²) in [6.07, 6.45) is 0. The van der Waals surface area contributed by atoms with Crippen molar-refractivity contribution in [2.75, 3.05) is 29.9 Å². The number of carbonyl (C=O) groups excluding carboxylic acids is 1. The third kappa shape index (κ3) is 2.69. The van der Waals surface area contributed by atoms with E-state index in [1.807, 2.05) is 30.9 Å². The first-order chi connectivity index (χ1) is 8.81. The molecule has 1 aromatic rings. The number of anilines is 2. The highest BCUT2D eigenvalue weighted by Crippen LogP contribution is 2.34. The smallest absolute Gasteiger partial charge is 0.246 e. The van der Waals surface area contributed by atoms with Crippen LogP contribution < -0.4 is 15.5 Å². The van der Waals surface area contributed by atoms with Crippen LogP contribution in [0.15, 0.2) is 18.2 Å². The molecule has 1 heterocycles. The average molecular weight is 258 g/mol. The molecule has 0 saturated heterocycles. The first-order valence-corrected chi connectivity index (χ1v) is 6.16. The van der Waals surface area contributed by atoms with Crippen LogP contribution in [0.5, 0.6) is 0 Å². The van der Waals surface area contributed by atoms with Crippen molar-refractivity contribution in [1.29, 1.82) is 5.26 Å². The highest BCUT2D eigenvalue weighted by atomic mass is 16.2. The van der Waals surface area contributed by atoms with E-state index >= 15 is 0 Å². The molecule has 100 valence electrons. The molecule has 0 atom stereocenters. The van der Waals surface area contributed by atoms with Gasteiger partial charge in [-0.1, -0.05) is 0 Å². The van der Waals surface area contributed by atoms with Crippen molar-refractivity contribution in [1.82, 2.24) is 0 Å². The molecule has 0 fully saturated rings. The lowest BCUT2D eigenvalue weighted by Crippen LogP contribution is -2.51. The quantitative estimate of drug-likeness (QED) is 0.861. The summed E-state index contributed by atoms with van der Waals surface area (Å²) in [5.41, 5.74) is 7.93. The molecule has 0 aliphatic carbocycles. The normalized spacial score (nSPS) is 15.2. The van der Waals surface area contributed by atoms with Gasteiger partial charge in [0.25, 0.3) is 0 Å². The summed E-state index contributed by atoms with van der Waals surface area (Å²) in [6, 6.07) is 7.46. The Kier molecular flexibility index (Phi) is 3.21. The molecule has 5 heteroatoms. The second kappa shape index (κ2) is 4.56. The van der Waals surface area contributed by atoms with Gasteiger partial charge in [0.05, 0.1) is 29.6 Å². The van der Waals surface area contributed by atoms with Crippen molar-refractivity contribution in [3.8, 4) is 6.07 Å². The van der Waals surface area contributed by atoms with E-state index in [-0.39, 0.29) is 5.91 Å². The topological polar surface area (TPSA) is 73.4 Å². The Morgan fingerprint density at radius 1 is 1.42 bits per heavy atom. The predicted molar refractivity (Wildman–Crippen MR) is 75.0 cm³/mol. The van der Waals surface area contributed by atoms with Crippen LogP contribution in [0.3, 0.4) is 0 Å². The van der Waals surface area contributed by atoms with Gasteiger partial charge >= 0.3 is 0 Å². The zero-order valence-electron chi connectivity index (χ0n) is 11.5. The molecule has 1 aliphatic heterocycles. The summed E-state index contributed by atoms with van der Waals surface area (Å²) in [4.78, 5) is 15.6. The molecule has 1 aliphatic rings. The number of nitrogens with two attached hydrogens (primary N) is 1. The van der Waals surface area contributed by atoms with Crippen LogP contribution in [0.25, 0.3) is 0 Å². The summed E-state index contributed by atoms with van der Waals surface area (Å²) in [5, 5.41) is 9.00. The van der Waals surface area contributed by atoms with E-state index in [1.165, 1.54) is 0 Å². The molecule has 5 nitrogen and oxygen atoms in total. The number of carbonyl (C=O) groups is 1. The van der Waals surface area contributed by atoms with Gasteiger partial charge in [0, 0.05) is 19.1 Å². The predicted octanol–water partition coefficient (Wildman–Crippen LogP) is 1.08. The monoisotopic (exact) mass is 258 g/mol. The van der Waals surface area contributed by atoms with Crippen molar-refractivity contribution in [2.24, 2.45) is 5.73 Å². The van der Waals surface area contributed by atoms with E-state index in [0.717, 1.165) is 11.4 Å². The van der Waals surface area contributed by atoms with Crippen LogP contribution >= 0.6 is 0 Å². The van der Waals surface area contributed by atoms with Crippen LogP contribution in [0.4, 0.5) is 11.4 Å². The zero-order valence-corrected chi connectivity index (χ0v) is 11.5. The van der Waals surface area contributed by atoms with Crippen LogP contribution in [-0.4, -0.2) is 31.6 Å². The fourth-order valence-electron chi connectivity index (χ4n) is 2.25. The molecular weight excluding hydrogens is 240 g/mol. The maximum atomic E-state index is 12.0. The summed E-state index contributed by atoms with van der Waals surface area (Å²) in [5.74, 6) is 0.0291. The molecule has 2 N–H and O–H groups in total. The highest BCUT2D eigenvalue weighted by molar-refractivity contribution is 6.03. The molecule has 1 aromatic carbocycles. The number of hydrogen-bond donors (Lipinski definition) is 1. The number of hydrogen-bond acceptors (Lipinski definition) is 4. The van der Waals surface area contributed by atoms with E-state index in [4.69, 9.17) is 11.0 Å². The number of nitriles is 1. The lowest BCUT2D eigenvalue weighted by atomic mass is 10.0. The fraction of sp³-hybridized carbons (Fsp3) is 0.429. The Balaban J connectivity index is 2.47. The van der Waals surface area contributed by atoms with Gasteiger partial charge in [-0.2, -0.15) is 5.26 Å². The zero-order chi connectivity index (χ0) is 14.2. The first-order valence-electron chi connectivity index (χ1n) is 6.16. The minimum atomic E-state index is -0.407. The van der Waals surface area contributed by atoms with Gasteiger partial charge in [-0.15, -0.1) is 0 Å². The van der Waals surface area contributed by atoms with Crippen molar-refractivity contribution < 1.29 is 4.79 Å². The van der Waals surface area contributed by atoms with E-state index in [9.17, 15) is 4.79 Å². The molecule has 1 amide bonds. The molecule has 0 saturated carbocycles. The fourth-order valence-corrected chi connectivity index (χ4v) is 2.25. The van der Waals surface area contributed by atoms with Crippen molar-refractivity contribution in [3.05, 3.63) is 23.8 Å². The van der Waals surface area contributed by atoms with Gasteiger partial charge in [0.15, 0.2) is 0 Å². The largest absolute Gasteiger partial charge is 0.359 e. The average Bonchev–Trinajstić information content (AvgIpc) is 2.33. The van der Waals surface area contributed by atoms with Gasteiger partial charge in [-0.05, 0) is 32.0 Å². The van der Waals surface area contributed by atoms with Crippen LogP contribution in [-0.2, 0) is 4.79 Å². The summed E-state index contributed by atoms with van der Waals surface area (Å²) >= 11 is 0. The van der Waals surface area contributed by atoms with Crippen molar-refractivity contribution in [3.63, 3.8) is 0 Å². The maximum Gasteiger partial charge on any atom is 0.246 e. The number of fused-ring (bicyclic) bond motifs is 1. The number of likely N-dealkylation sites (N-methyl/N-ethyl adjacent to an activating group) is 1. The molecular formula is C14H18N4O. The van der Waals surface area contributed by atoms with E-state index in [2.05, 4.69) is 6.07 Å². The number of benzene rings is 1.